The van der Waals surface area contributed by atoms with E-state index < -0.39 is 40.0 Å². The van der Waals surface area contributed by atoms with Crippen LogP contribution in [-0.2, 0) is 11.2 Å². The van der Waals surface area contributed by atoms with Crippen molar-refractivity contribution in [3.05, 3.63) is 70.0 Å². The van der Waals surface area contributed by atoms with Gasteiger partial charge in [0.1, 0.15) is 5.82 Å². The minimum atomic E-state index is -4.41. The van der Waals surface area contributed by atoms with Crippen LogP contribution in [0.1, 0.15) is 46.7 Å². The van der Waals surface area contributed by atoms with E-state index >= 15 is 0 Å². The standard InChI is InChI=1S/C27H30ClF4N3O2S/c1-33-24(37)19-9-4-16(12-21(19)29)13-22-26(38-22,35(2)3)15-34-23(36)14-20(17-5-7-18(28)8-6-17)25(10-11-25)27(30,31)32/h4-9,12,20,22H,10-11,13-15H2,1-3H3,(H,33,37)(H,34,36)/t20-,22?,26-/m1/s1. The fraction of sp³-hybridized carbons (Fsp3) is 0.481. The summed E-state index contributed by atoms with van der Waals surface area (Å²) in [4.78, 5) is 26.3. The van der Waals surface area contributed by atoms with E-state index in [-0.39, 0.29) is 36.6 Å². The Morgan fingerprint density at radius 2 is 1.82 bits per heavy atom. The Bertz CT molecular complexity index is 1200. The molecule has 1 heterocycles. The van der Waals surface area contributed by atoms with Crippen molar-refractivity contribution in [1.82, 2.24) is 15.5 Å². The smallest absolute Gasteiger partial charge is 0.355 e. The van der Waals surface area contributed by atoms with Gasteiger partial charge in [0, 0.05) is 36.2 Å². The maximum Gasteiger partial charge on any atom is 0.395 e. The van der Waals surface area contributed by atoms with Crippen LogP contribution in [0.25, 0.3) is 0 Å². The molecule has 2 aliphatic rings. The van der Waals surface area contributed by atoms with Gasteiger partial charge < -0.3 is 10.6 Å². The lowest BCUT2D eigenvalue weighted by molar-refractivity contribution is -0.194. The molecule has 3 atom stereocenters. The van der Waals surface area contributed by atoms with Crippen LogP contribution in [0.5, 0.6) is 0 Å². The molecule has 1 unspecified atom stereocenters. The maximum atomic E-state index is 14.4. The summed E-state index contributed by atoms with van der Waals surface area (Å²) in [5, 5.41) is 5.71. The van der Waals surface area contributed by atoms with Gasteiger partial charge in [-0.05, 0) is 68.8 Å². The Morgan fingerprint density at radius 1 is 1.16 bits per heavy atom. The van der Waals surface area contributed by atoms with Gasteiger partial charge >= 0.3 is 6.18 Å². The summed E-state index contributed by atoms with van der Waals surface area (Å²) in [5.74, 6) is -2.56. The van der Waals surface area contributed by atoms with E-state index in [0.717, 1.165) is 0 Å². The molecule has 2 amide bonds. The van der Waals surface area contributed by atoms with Crippen molar-refractivity contribution in [2.24, 2.45) is 5.41 Å². The average molecular weight is 572 g/mol. The third kappa shape index (κ3) is 5.67. The molecule has 38 heavy (non-hydrogen) atoms. The zero-order chi connectivity index (χ0) is 27.9. The summed E-state index contributed by atoms with van der Waals surface area (Å²) in [6, 6.07) is 10.7. The van der Waals surface area contributed by atoms with Crippen molar-refractivity contribution in [3.8, 4) is 0 Å². The number of hydrogen-bond acceptors (Lipinski definition) is 4. The van der Waals surface area contributed by atoms with E-state index in [1.54, 1.807) is 42.1 Å². The zero-order valence-electron chi connectivity index (χ0n) is 21.3. The molecular weight excluding hydrogens is 542 g/mol. The summed E-state index contributed by atoms with van der Waals surface area (Å²) in [7, 11) is 5.17. The summed E-state index contributed by atoms with van der Waals surface area (Å²) < 4.78 is 56.4. The van der Waals surface area contributed by atoms with Gasteiger partial charge in [0.2, 0.25) is 5.91 Å². The van der Waals surface area contributed by atoms with Crippen LogP contribution in [0.3, 0.4) is 0 Å². The second-order valence-electron chi connectivity index (χ2n) is 10.2. The molecular formula is C27H30ClF4N3O2S. The first kappa shape index (κ1) is 28.7. The highest BCUT2D eigenvalue weighted by atomic mass is 35.5. The quantitative estimate of drug-likeness (QED) is 0.297. The van der Waals surface area contributed by atoms with Crippen LogP contribution in [0.15, 0.2) is 42.5 Å². The van der Waals surface area contributed by atoms with Gasteiger partial charge in [-0.1, -0.05) is 29.8 Å². The first-order valence-electron chi connectivity index (χ1n) is 12.3. The van der Waals surface area contributed by atoms with Gasteiger partial charge in [-0.15, -0.1) is 11.8 Å². The number of nitrogens with zero attached hydrogens (tertiary/aromatic N) is 1. The van der Waals surface area contributed by atoms with Crippen molar-refractivity contribution in [3.63, 3.8) is 0 Å². The van der Waals surface area contributed by atoms with Crippen molar-refractivity contribution >= 4 is 35.2 Å². The number of benzene rings is 2. The predicted octanol–water partition coefficient (Wildman–Crippen LogP) is 5.39. The Kier molecular flexibility index (Phi) is 8.08. The van der Waals surface area contributed by atoms with Gasteiger partial charge in [-0.3, -0.25) is 14.5 Å². The summed E-state index contributed by atoms with van der Waals surface area (Å²) >= 11 is 7.54. The Morgan fingerprint density at radius 3 is 2.34 bits per heavy atom. The zero-order valence-corrected chi connectivity index (χ0v) is 22.9. The lowest BCUT2D eigenvalue weighted by atomic mass is 9.80. The second-order valence-corrected chi connectivity index (χ2v) is 12.1. The number of alkyl halides is 3. The Hall–Kier alpha value is -2.30. The Balaban J connectivity index is 1.43. The average Bonchev–Trinajstić information content (AvgIpc) is 3.77. The van der Waals surface area contributed by atoms with Crippen molar-refractivity contribution < 1.29 is 27.2 Å². The normalized spacial score (nSPS) is 22.6. The molecule has 5 nitrogen and oxygen atoms in total. The number of thioether (sulfide) groups is 1. The molecule has 2 aromatic carbocycles. The predicted molar refractivity (Wildman–Crippen MR) is 141 cm³/mol. The van der Waals surface area contributed by atoms with Gasteiger partial charge in [0.25, 0.3) is 5.91 Å². The van der Waals surface area contributed by atoms with E-state index in [4.69, 9.17) is 11.6 Å². The highest BCUT2D eigenvalue weighted by Gasteiger charge is 2.67. The summed E-state index contributed by atoms with van der Waals surface area (Å²) in [5.41, 5.74) is -0.776. The first-order chi connectivity index (χ1) is 17.8. The van der Waals surface area contributed by atoms with E-state index in [2.05, 4.69) is 10.6 Å². The number of hydrogen-bond donors (Lipinski definition) is 2. The molecule has 4 rings (SSSR count). The van der Waals surface area contributed by atoms with Gasteiger partial charge in [-0.2, -0.15) is 13.2 Å². The molecule has 0 bridgehead atoms. The van der Waals surface area contributed by atoms with Crippen LogP contribution in [-0.4, -0.2) is 60.7 Å². The molecule has 1 saturated heterocycles. The highest BCUT2D eigenvalue weighted by molar-refractivity contribution is 8.08. The van der Waals surface area contributed by atoms with Crippen LogP contribution < -0.4 is 10.6 Å². The maximum absolute atomic E-state index is 14.4. The van der Waals surface area contributed by atoms with E-state index in [0.29, 0.717) is 22.6 Å². The topological polar surface area (TPSA) is 61.4 Å². The van der Waals surface area contributed by atoms with Crippen LogP contribution >= 0.6 is 23.4 Å². The number of carbonyl (C=O) groups excluding carboxylic acids is 2. The molecule has 2 fully saturated rings. The second kappa shape index (κ2) is 10.7. The van der Waals surface area contributed by atoms with Crippen molar-refractivity contribution in [1.29, 1.82) is 0 Å². The molecule has 1 aliphatic heterocycles. The minimum absolute atomic E-state index is 0.00804. The molecule has 2 aromatic rings. The number of amides is 2. The molecule has 0 radical (unpaired) electrons. The third-order valence-corrected chi connectivity index (χ3v) is 9.74. The highest BCUT2D eigenvalue weighted by Crippen LogP contribution is 2.66. The molecule has 11 heteroatoms. The summed E-state index contributed by atoms with van der Waals surface area (Å²) in [6.07, 6.45) is -4.21. The fourth-order valence-corrected chi connectivity index (χ4v) is 6.68. The number of rotatable bonds is 10. The van der Waals surface area contributed by atoms with Gasteiger partial charge in [-0.25, -0.2) is 4.39 Å². The molecule has 0 aromatic heterocycles. The van der Waals surface area contributed by atoms with Gasteiger partial charge in [0.05, 0.1) is 15.8 Å². The van der Waals surface area contributed by atoms with Gasteiger partial charge in [0.15, 0.2) is 0 Å². The Labute approximate surface area is 228 Å². The lowest BCUT2D eigenvalue weighted by Gasteiger charge is -2.30. The summed E-state index contributed by atoms with van der Waals surface area (Å²) in [6.45, 7) is 0.235. The minimum Gasteiger partial charge on any atom is -0.355 e. The SMILES string of the molecule is CNC(=O)c1ccc(CC2S[C@@]2(CNC(=O)C[C@H](c2ccc(Cl)cc2)C2(C(F)(F)F)CC2)N(C)C)cc1F. The van der Waals surface area contributed by atoms with Crippen LogP contribution in [0.4, 0.5) is 17.6 Å². The number of carbonyl (C=O) groups is 2. The van der Waals surface area contributed by atoms with E-state index in [1.165, 1.54) is 19.2 Å². The molecule has 206 valence electrons. The van der Waals surface area contributed by atoms with E-state index in [9.17, 15) is 27.2 Å². The number of halogens is 5. The third-order valence-electron chi connectivity index (χ3n) is 7.70. The number of likely N-dealkylation sites (N-methyl/N-ethyl adjacent to an activating group) is 1. The van der Waals surface area contributed by atoms with Crippen LogP contribution in [0.2, 0.25) is 5.02 Å². The van der Waals surface area contributed by atoms with Crippen molar-refractivity contribution in [2.45, 2.75) is 47.9 Å². The first-order valence-corrected chi connectivity index (χ1v) is 13.5. The molecule has 1 saturated carbocycles. The molecule has 0 spiro atoms. The van der Waals surface area contributed by atoms with Crippen molar-refractivity contribution in [2.75, 3.05) is 27.7 Å². The van der Waals surface area contributed by atoms with E-state index in [1.807, 2.05) is 19.0 Å². The van der Waals surface area contributed by atoms with Crippen LogP contribution in [0, 0.1) is 11.2 Å². The molecule has 2 N–H and O–H groups in total. The molecule has 1 aliphatic carbocycles. The largest absolute Gasteiger partial charge is 0.395 e. The number of nitrogens with one attached hydrogen (secondary N) is 2. The monoisotopic (exact) mass is 571 g/mol. The lowest BCUT2D eigenvalue weighted by Crippen LogP contribution is -2.45. The fourth-order valence-electron chi connectivity index (χ4n) is 5.11.